The van der Waals surface area contributed by atoms with Crippen molar-refractivity contribution in [1.29, 1.82) is 0 Å². The van der Waals surface area contributed by atoms with E-state index in [0.717, 1.165) is 49.5 Å². The third-order valence-corrected chi connectivity index (χ3v) is 7.73. The number of amides is 1. The Morgan fingerprint density at radius 3 is 2.38 bits per heavy atom. The molecule has 1 aliphatic heterocycles. The van der Waals surface area contributed by atoms with E-state index in [1.54, 1.807) is 0 Å². The molecule has 4 rings (SSSR count). The van der Waals surface area contributed by atoms with Crippen LogP contribution in [0.3, 0.4) is 0 Å². The lowest BCUT2D eigenvalue weighted by Gasteiger charge is -2.38. The van der Waals surface area contributed by atoms with Crippen LogP contribution in [0.25, 0.3) is 0 Å². The molecular weight excluding hydrogens is 482 g/mol. The van der Waals surface area contributed by atoms with Gasteiger partial charge in [-0.15, -0.1) is 0 Å². The van der Waals surface area contributed by atoms with E-state index in [-0.39, 0.29) is 11.9 Å². The number of carbonyl (C=O) groups excluding carboxylic acids is 1. The Balaban J connectivity index is 1.48. The number of fused-ring (bicyclic) bond motifs is 1. The summed E-state index contributed by atoms with van der Waals surface area (Å²) in [7, 11) is 0. The number of nitrogens with zero attached hydrogens (tertiary/aromatic N) is 2. The lowest BCUT2D eigenvalue weighted by molar-refractivity contribution is -0.133. The first-order valence-electron chi connectivity index (χ1n) is 14.4. The fraction of sp³-hybridized carbons (Fsp3) is 0.441. The molecule has 0 saturated heterocycles. The first-order valence-corrected chi connectivity index (χ1v) is 14.4. The maximum Gasteiger partial charge on any atom is 0.227 e. The third-order valence-electron chi connectivity index (χ3n) is 7.73. The van der Waals surface area contributed by atoms with Crippen LogP contribution in [0.4, 0.5) is 0 Å². The molecule has 1 aliphatic rings. The molecule has 3 aromatic rings. The molecule has 1 N–H and O–H groups in total. The molecule has 0 spiro atoms. The quantitative estimate of drug-likeness (QED) is 0.296. The Morgan fingerprint density at radius 1 is 0.974 bits per heavy atom. The van der Waals surface area contributed by atoms with Crippen LogP contribution >= 0.6 is 0 Å². The number of hydrogen-bond donors (Lipinski definition) is 1. The summed E-state index contributed by atoms with van der Waals surface area (Å²) in [5, 5.41) is 3.69. The number of carbonyl (C=O) groups is 1. The zero-order chi connectivity index (χ0) is 27.8. The Labute approximate surface area is 235 Å². The molecule has 0 bridgehead atoms. The van der Waals surface area contributed by atoms with E-state index < -0.39 is 0 Å². The van der Waals surface area contributed by atoms with Gasteiger partial charge in [0, 0.05) is 38.3 Å². The molecule has 5 heteroatoms. The summed E-state index contributed by atoms with van der Waals surface area (Å²) < 4.78 is 6.12. The van der Waals surface area contributed by atoms with E-state index in [4.69, 9.17) is 4.74 Å². The second-order valence-electron chi connectivity index (χ2n) is 11.3. The Bertz CT molecular complexity index is 1180. The zero-order valence-corrected chi connectivity index (χ0v) is 24.3. The van der Waals surface area contributed by atoms with Crippen molar-refractivity contribution in [3.8, 4) is 5.75 Å². The Kier molecular flexibility index (Phi) is 10.2. The highest BCUT2D eigenvalue weighted by molar-refractivity contribution is 5.79. The van der Waals surface area contributed by atoms with Crippen LogP contribution in [-0.4, -0.2) is 54.0 Å². The summed E-state index contributed by atoms with van der Waals surface area (Å²) in [6.07, 6.45) is 1.27. The van der Waals surface area contributed by atoms with Crippen molar-refractivity contribution in [1.82, 2.24) is 15.1 Å². The molecule has 5 nitrogen and oxygen atoms in total. The average molecular weight is 528 g/mol. The minimum absolute atomic E-state index is 0.00132. The van der Waals surface area contributed by atoms with Crippen molar-refractivity contribution in [2.24, 2.45) is 0 Å². The summed E-state index contributed by atoms with van der Waals surface area (Å²) in [6, 6.07) is 26.0. The lowest BCUT2D eigenvalue weighted by Crippen LogP contribution is -2.46. The van der Waals surface area contributed by atoms with Gasteiger partial charge in [-0.05, 0) is 75.4 Å². The Morgan fingerprint density at radius 2 is 1.69 bits per heavy atom. The molecule has 1 heterocycles. The third kappa shape index (κ3) is 7.93. The molecule has 0 aromatic heterocycles. The van der Waals surface area contributed by atoms with E-state index in [9.17, 15) is 4.79 Å². The minimum atomic E-state index is 0.00132. The first kappa shape index (κ1) is 28.8. The fourth-order valence-electron chi connectivity index (χ4n) is 5.58. The van der Waals surface area contributed by atoms with Gasteiger partial charge in [0.1, 0.15) is 12.4 Å². The van der Waals surface area contributed by atoms with Gasteiger partial charge in [-0.2, -0.15) is 0 Å². The molecule has 39 heavy (non-hydrogen) atoms. The van der Waals surface area contributed by atoms with Crippen LogP contribution < -0.4 is 10.1 Å². The van der Waals surface area contributed by atoms with Crippen molar-refractivity contribution >= 4 is 5.91 Å². The van der Waals surface area contributed by atoms with Crippen molar-refractivity contribution in [3.63, 3.8) is 0 Å². The zero-order valence-electron chi connectivity index (χ0n) is 24.3. The van der Waals surface area contributed by atoms with Crippen LogP contribution in [0.1, 0.15) is 61.6 Å². The summed E-state index contributed by atoms with van der Waals surface area (Å²) in [5.41, 5.74) is 5.93. The minimum Gasteiger partial charge on any atom is -0.489 e. The molecule has 1 amide bonds. The standard InChI is InChI=1S/C34H45N3O2/c1-25(2)36(26(3)4)20-18-35-23-33-32-16-15-31(39-24-29-9-7-6-8-10-29)22-30(32)17-19-37(33)34(38)21-28-13-11-27(5)12-14-28/h6-16,22,25-26,33,35H,17-21,23-24H2,1-5H3. The van der Waals surface area contributed by atoms with Gasteiger partial charge in [-0.1, -0.05) is 66.2 Å². The van der Waals surface area contributed by atoms with Crippen molar-refractivity contribution in [3.05, 3.63) is 101 Å². The normalized spacial score (nSPS) is 15.2. The van der Waals surface area contributed by atoms with Crippen LogP contribution in [0.5, 0.6) is 5.75 Å². The van der Waals surface area contributed by atoms with Crippen LogP contribution in [0.15, 0.2) is 72.8 Å². The predicted molar refractivity (Wildman–Crippen MR) is 160 cm³/mol. The van der Waals surface area contributed by atoms with Crippen molar-refractivity contribution in [2.75, 3.05) is 26.2 Å². The topological polar surface area (TPSA) is 44.8 Å². The first-order chi connectivity index (χ1) is 18.8. The maximum absolute atomic E-state index is 13.6. The molecule has 1 unspecified atom stereocenters. The maximum atomic E-state index is 13.6. The highest BCUT2D eigenvalue weighted by Crippen LogP contribution is 2.33. The second kappa shape index (κ2) is 13.8. The van der Waals surface area contributed by atoms with Crippen LogP contribution in [0, 0.1) is 6.92 Å². The van der Waals surface area contributed by atoms with Gasteiger partial charge >= 0.3 is 0 Å². The van der Waals surface area contributed by atoms with Gasteiger partial charge in [0.15, 0.2) is 0 Å². The van der Waals surface area contributed by atoms with E-state index in [0.29, 0.717) is 25.1 Å². The fourth-order valence-corrected chi connectivity index (χ4v) is 5.58. The lowest BCUT2D eigenvalue weighted by atomic mass is 9.91. The molecule has 0 radical (unpaired) electrons. The number of hydrogen-bond acceptors (Lipinski definition) is 4. The van der Waals surface area contributed by atoms with E-state index in [2.05, 4.69) is 104 Å². The molecule has 3 aromatic carbocycles. The van der Waals surface area contributed by atoms with Crippen LogP contribution in [0.2, 0.25) is 0 Å². The number of rotatable bonds is 12. The van der Waals surface area contributed by atoms with Gasteiger partial charge in [-0.25, -0.2) is 0 Å². The number of aryl methyl sites for hydroxylation is 1. The van der Waals surface area contributed by atoms with E-state index >= 15 is 0 Å². The number of benzene rings is 3. The van der Waals surface area contributed by atoms with Crippen molar-refractivity contribution in [2.45, 2.75) is 72.2 Å². The summed E-state index contributed by atoms with van der Waals surface area (Å²) in [5.74, 6) is 1.07. The largest absolute Gasteiger partial charge is 0.489 e. The summed E-state index contributed by atoms with van der Waals surface area (Å²) >= 11 is 0. The van der Waals surface area contributed by atoms with Gasteiger partial charge < -0.3 is 15.0 Å². The van der Waals surface area contributed by atoms with E-state index in [1.807, 2.05) is 18.2 Å². The van der Waals surface area contributed by atoms with Gasteiger partial charge in [0.25, 0.3) is 0 Å². The van der Waals surface area contributed by atoms with Crippen molar-refractivity contribution < 1.29 is 9.53 Å². The van der Waals surface area contributed by atoms with Gasteiger partial charge in [0.2, 0.25) is 5.91 Å². The molecule has 1 atom stereocenters. The highest BCUT2D eigenvalue weighted by Gasteiger charge is 2.31. The SMILES string of the molecule is Cc1ccc(CC(=O)N2CCc3cc(OCc4ccccc4)ccc3C2CNCCN(C(C)C)C(C)C)cc1. The highest BCUT2D eigenvalue weighted by atomic mass is 16.5. The average Bonchev–Trinajstić information content (AvgIpc) is 2.93. The second-order valence-corrected chi connectivity index (χ2v) is 11.3. The number of ether oxygens (including phenoxy) is 1. The Hall–Kier alpha value is -3.15. The molecule has 0 saturated carbocycles. The molecule has 0 aliphatic carbocycles. The molecule has 0 fully saturated rings. The summed E-state index contributed by atoms with van der Waals surface area (Å²) in [6.45, 7) is 15.0. The van der Waals surface area contributed by atoms with Crippen LogP contribution in [-0.2, 0) is 24.2 Å². The van der Waals surface area contributed by atoms with Gasteiger partial charge in [0.05, 0.1) is 12.5 Å². The van der Waals surface area contributed by atoms with E-state index in [1.165, 1.54) is 16.7 Å². The predicted octanol–water partition coefficient (Wildman–Crippen LogP) is 5.95. The smallest absolute Gasteiger partial charge is 0.227 e. The monoisotopic (exact) mass is 527 g/mol. The summed E-state index contributed by atoms with van der Waals surface area (Å²) in [4.78, 5) is 18.2. The molecular formula is C34H45N3O2. The number of nitrogens with one attached hydrogen (secondary N) is 1. The molecule has 208 valence electrons. The van der Waals surface area contributed by atoms with Gasteiger partial charge in [-0.3, -0.25) is 9.69 Å².